The van der Waals surface area contributed by atoms with Gasteiger partial charge < -0.3 is 0 Å². The average Bonchev–Trinajstić information content (AvgIpc) is 2.29. The van der Waals surface area contributed by atoms with E-state index in [0.717, 1.165) is 13.8 Å². The number of hydrogen-bond donors (Lipinski definition) is 0. The highest BCUT2D eigenvalue weighted by atomic mass is 32.2. The first-order chi connectivity index (χ1) is 8.53. The van der Waals surface area contributed by atoms with Gasteiger partial charge in [0, 0.05) is 0 Å². The smallest absolute Gasteiger partial charge is 0.223 e. The van der Waals surface area contributed by atoms with E-state index >= 15 is 0 Å². The molecule has 0 N–H and O–H groups in total. The molecule has 9 heteroatoms. The van der Waals surface area contributed by atoms with Gasteiger partial charge in [0.15, 0.2) is 33.1 Å². The van der Waals surface area contributed by atoms with E-state index in [-0.39, 0.29) is 0 Å². The van der Waals surface area contributed by atoms with Crippen LogP contribution in [0.3, 0.4) is 0 Å². The van der Waals surface area contributed by atoms with E-state index in [2.05, 4.69) is 0 Å². The van der Waals surface area contributed by atoms with E-state index in [1.807, 2.05) is 0 Å². The quantitative estimate of drug-likeness (QED) is 0.371. The summed E-state index contributed by atoms with van der Waals surface area (Å²) in [5.41, 5.74) is -2.00. The molecule has 1 aromatic rings. The molecule has 0 atom stereocenters. The number of halogens is 6. The molecule has 0 aliphatic carbocycles. The lowest BCUT2D eigenvalue weighted by Crippen LogP contribution is -2.21. The lowest BCUT2D eigenvalue weighted by Gasteiger charge is -2.15. The molecule has 19 heavy (non-hydrogen) atoms. The average molecular weight is 306 g/mol. The molecule has 0 amide bonds. The SMILES string of the molecule is CC(C)S(=O)(=O)c1c(F)c(F)c(F)c(F)c1C(F)F. The predicted octanol–water partition coefficient (Wildman–Crippen LogP) is 3.36. The number of alkyl halides is 2. The Balaban J connectivity index is 3.93. The Kier molecular flexibility index (Phi) is 4.18. The summed E-state index contributed by atoms with van der Waals surface area (Å²) in [5, 5.41) is -1.41. The second-order valence-corrected chi connectivity index (χ2v) is 6.33. The maximum Gasteiger partial charge on any atom is 0.268 e. The van der Waals surface area contributed by atoms with Crippen molar-refractivity contribution in [3.05, 3.63) is 28.8 Å². The largest absolute Gasteiger partial charge is 0.268 e. The first kappa shape index (κ1) is 15.8. The molecule has 0 saturated carbocycles. The zero-order chi connectivity index (χ0) is 15.1. The fraction of sp³-hybridized carbons (Fsp3) is 0.400. The molecule has 0 heterocycles. The molecule has 1 rings (SSSR count). The lowest BCUT2D eigenvalue weighted by atomic mass is 10.2. The van der Waals surface area contributed by atoms with Gasteiger partial charge in [-0.3, -0.25) is 0 Å². The zero-order valence-corrected chi connectivity index (χ0v) is 10.5. The summed E-state index contributed by atoms with van der Waals surface area (Å²) in [6.07, 6.45) is -3.81. The second-order valence-electron chi connectivity index (χ2n) is 3.89. The van der Waals surface area contributed by atoms with E-state index < -0.39 is 55.2 Å². The molecule has 108 valence electrons. The second kappa shape index (κ2) is 5.03. The molecule has 0 fully saturated rings. The summed E-state index contributed by atoms with van der Waals surface area (Å²) in [5.74, 6) is -9.67. The van der Waals surface area contributed by atoms with Crippen molar-refractivity contribution < 1.29 is 34.8 Å². The van der Waals surface area contributed by atoms with Crippen LogP contribution in [0, 0.1) is 23.3 Å². The number of rotatable bonds is 3. The summed E-state index contributed by atoms with van der Waals surface area (Å²) in [6, 6.07) is 0. The van der Waals surface area contributed by atoms with Crippen molar-refractivity contribution >= 4 is 9.84 Å². The van der Waals surface area contributed by atoms with Crippen molar-refractivity contribution in [2.45, 2.75) is 30.4 Å². The van der Waals surface area contributed by atoms with Crippen LogP contribution in [0.1, 0.15) is 25.8 Å². The normalized spacial score (nSPS) is 12.5. The molecule has 0 unspecified atom stereocenters. The molecule has 0 spiro atoms. The van der Waals surface area contributed by atoms with Crippen LogP contribution in [0.4, 0.5) is 26.3 Å². The van der Waals surface area contributed by atoms with E-state index in [1.54, 1.807) is 0 Å². The first-order valence-electron chi connectivity index (χ1n) is 4.91. The van der Waals surface area contributed by atoms with Crippen LogP contribution in [-0.2, 0) is 9.84 Å². The van der Waals surface area contributed by atoms with Gasteiger partial charge in [-0.25, -0.2) is 34.8 Å². The van der Waals surface area contributed by atoms with Crippen molar-refractivity contribution in [1.29, 1.82) is 0 Å². The Morgan fingerprint density at radius 3 is 1.63 bits per heavy atom. The molecule has 0 aromatic heterocycles. The molecular formula is C10H8F6O2S. The van der Waals surface area contributed by atoms with Crippen LogP contribution in [-0.4, -0.2) is 13.7 Å². The minimum Gasteiger partial charge on any atom is -0.223 e. The van der Waals surface area contributed by atoms with Gasteiger partial charge in [-0.15, -0.1) is 0 Å². The third-order valence-electron chi connectivity index (χ3n) is 2.38. The Bertz CT molecular complexity index is 609. The maximum absolute atomic E-state index is 13.4. The van der Waals surface area contributed by atoms with Crippen LogP contribution in [0.2, 0.25) is 0 Å². The summed E-state index contributed by atoms with van der Waals surface area (Å²) in [4.78, 5) is -1.84. The van der Waals surface area contributed by atoms with Crippen molar-refractivity contribution in [2.75, 3.05) is 0 Å². The Morgan fingerprint density at radius 1 is 0.842 bits per heavy atom. The molecule has 0 aliphatic rings. The van der Waals surface area contributed by atoms with Gasteiger partial charge in [0.25, 0.3) is 6.43 Å². The topological polar surface area (TPSA) is 34.1 Å². The fourth-order valence-corrected chi connectivity index (χ4v) is 2.63. The van der Waals surface area contributed by atoms with E-state index in [4.69, 9.17) is 0 Å². The Morgan fingerprint density at radius 2 is 1.26 bits per heavy atom. The summed E-state index contributed by atoms with van der Waals surface area (Å²) in [7, 11) is -4.75. The highest BCUT2D eigenvalue weighted by Gasteiger charge is 2.37. The van der Waals surface area contributed by atoms with Crippen LogP contribution < -0.4 is 0 Å². The molecule has 0 radical (unpaired) electrons. The van der Waals surface area contributed by atoms with Crippen LogP contribution in [0.25, 0.3) is 0 Å². The maximum atomic E-state index is 13.4. The van der Waals surface area contributed by atoms with Crippen LogP contribution in [0.15, 0.2) is 4.90 Å². The van der Waals surface area contributed by atoms with Gasteiger partial charge in [0.05, 0.1) is 10.8 Å². The van der Waals surface area contributed by atoms with Gasteiger partial charge in [-0.2, -0.15) is 0 Å². The standard InChI is InChI=1S/C10H8F6O2S/c1-3(2)19(17,18)9-4(10(15)16)5(11)6(12)7(13)8(9)14/h3,10H,1-2H3. The Hall–Kier alpha value is -1.25. The van der Waals surface area contributed by atoms with Crippen molar-refractivity contribution in [1.82, 2.24) is 0 Å². The summed E-state index contributed by atoms with van der Waals surface area (Å²) >= 11 is 0. The van der Waals surface area contributed by atoms with Crippen molar-refractivity contribution in [3.63, 3.8) is 0 Å². The molecule has 0 aliphatic heterocycles. The third-order valence-corrected chi connectivity index (χ3v) is 4.59. The minimum absolute atomic E-state index is 1.00. The van der Waals surface area contributed by atoms with E-state index in [0.29, 0.717) is 0 Å². The summed E-state index contributed by atoms with van der Waals surface area (Å²) in [6.45, 7) is 2.01. The highest BCUT2D eigenvalue weighted by molar-refractivity contribution is 7.92. The van der Waals surface area contributed by atoms with Crippen LogP contribution in [0.5, 0.6) is 0 Å². The molecule has 0 bridgehead atoms. The van der Waals surface area contributed by atoms with Gasteiger partial charge >= 0.3 is 0 Å². The monoisotopic (exact) mass is 306 g/mol. The zero-order valence-electron chi connectivity index (χ0n) is 9.65. The fourth-order valence-electron chi connectivity index (χ4n) is 1.34. The van der Waals surface area contributed by atoms with Gasteiger partial charge in [-0.1, -0.05) is 0 Å². The molecule has 0 saturated heterocycles. The molecule has 1 aromatic carbocycles. The van der Waals surface area contributed by atoms with Crippen molar-refractivity contribution in [2.24, 2.45) is 0 Å². The van der Waals surface area contributed by atoms with E-state index in [1.165, 1.54) is 0 Å². The van der Waals surface area contributed by atoms with Crippen molar-refractivity contribution in [3.8, 4) is 0 Å². The van der Waals surface area contributed by atoms with Gasteiger partial charge in [0.1, 0.15) is 4.90 Å². The molecular weight excluding hydrogens is 298 g/mol. The van der Waals surface area contributed by atoms with Gasteiger partial charge in [-0.05, 0) is 13.8 Å². The van der Waals surface area contributed by atoms with Crippen LogP contribution >= 0.6 is 0 Å². The van der Waals surface area contributed by atoms with Gasteiger partial charge in [0.2, 0.25) is 0 Å². The number of benzene rings is 1. The predicted molar refractivity (Wildman–Crippen MR) is 53.6 cm³/mol. The third kappa shape index (κ3) is 2.43. The highest BCUT2D eigenvalue weighted by Crippen LogP contribution is 2.35. The molecule has 2 nitrogen and oxygen atoms in total. The lowest BCUT2D eigenvalue weighted by molar-refractivity contribution is 0.139. The summed E-state index contributed by atoms with van der Waals surface area (Å²) < 4.78 is 101. The minimum atomic E-state index is -4.75. The Labute approximate surface area is 105 Å². The van der Waals surface area contributed by atoms with E-state index in [9.17, 15) is 34.8 Å². The number of hydrogen-bond acceptors (Lipinski definition) is 2. The first-order valence-corrected chi connectivity index (χ1v) is 6.46. The number of sulfone groups is 1.